The first-order valence-electron chi connectivity index (χ1n) is 12.2. The molecule has 0 aliphatic carbocycles. The van der Waals surface area contributed by atoms with Crippen molar-refractivity contribution in [3.63, 3.8) is 0 Å². The van der Waals surface area contributed by atoms with Crippen molar-refractivity contribution in [2.45, 2.75) is 37.7 Å². The lowest BCUT2D eigenvalue weighted by atomic mass is 10.1. The molecule has 0 aromatic heterocycles. The summed E-state index contributed by atoms with van der Waals surface area (Å²) in [4.78, 5) is 12.7. The third-order valence-corrected chi connectivity index (χ3v) is 7.34. The molecule has 0 radical (unpaired) electrons. The summed E-state index contributed by atoms with van der Waals surface area (Å²) in [7, 11) is -1.53. The Labute approximate surface area is 223 Å². The minimum absolute atomic E-state index is 0.0669. The van der Waals surface area contributed by atoms with Crippen molar-refractivity contribution < 1.29 is 31.8 Å². The largest absolute Gasteiger partial charge is 0.493 e. The van der Waals surface area contributed by atoms with Gasteiger partial charge in [0.15, 0.2) is 11.5 Å². The first-order valence-corrected chi connectivity index (χ1v) is 13.6. The van der Waals surface area contributed by atoms with Crippen LogP contribution in [0.15, 0.2) is 71.6 Å². The Morgan fingerprint density at radius 3 is 2.39 bits per heavy atom. The zero-order chi connectivity index (χ0) is 27.7. The molecule has 0 atom stereocenters. The molecule has 0 aliphatic heterocycles. The Hall–Kier alpha value is -3.79. The van der Waals surface area contributed by atoms with Crippen molar-refractivity contribution in [3.8, 4) is 17.2 Å². The third-order valence-electron chi connectivity index (χ3n) is 5.59. The second-order valence-corrected chi connectivity index (χ2v) is 10.6. The van der Waals surface area contributed by atoms with Gasteiger partial charge < -0.3 is 19.5 Å². The summed E-state index contributed by atoms with van der Waals surface area (Å²) < 4.78 is 58.7. The number of rotatable bonds is 13. The molecular formula is C28H33FN2O6S. The van der Waals surface area contributed by atoms with Crippen LogP contribution in [-0.4, -0.2) is 47.7 Å². The number of amides is 1. The molecule has 0 unspecified atom stereocenters. The summed E-state index contributed by atoms with van der Waals surface area (Å²) >= 11 is 0. The van der Waals surface area contributed by atoms with Gasteiger partial charge in [0.25, 0.3) is 10.0 Å². The maximum Gasteiger partial charge on any atom is 0.265 e. The number of hydrogen-bond acceptors (Lipinski definition) is 6. The molecule has 0 bridgehead atoms. The van der Waals surface area contributed by atoms with E-state index in [1.54, 1.807) is 0 Å². The maximum atomic E-state index is 14.7. The van der Waals surface area contributed by atoms with E-state index in [4.69, 9.17) is 14.2 Å². The number of carbonyl (C=O) groups is 1. The van der Waals surface area contributed by atoms with E-state index in [1.807, 2.05) is 38.1 Å². The fourth-order valence-corrected chi connectivity index (χ4v) is 5.26. The summed E-state index contributed by atoms with van der Waals surface area (Å²) in [6.07, 6.45) is 1.38. The predicted octanol–water partition coefficient (Wildman–Crippen LogP) is 4.57. The number of carbonyl (C=O) groups excluding carboxylic acids is 1. The lowest BCUT2D eigenvalue weighted by Gasteiger charge is -2.25. The lowest BCUT2D eigenvalue weighted by Crippen LogP contribution is -2.41. The lowest BCUT2D eigenvalue weighted by molar-refractivity contribution is -0.119. The summed E-state index contributed by atoms with van der Waals surface area (Å²) in [5, 5.41) is 2.74. The van der Waals surface area contributed by atoms with Crippen molar-refractivity contribution in [2.75, 3.05) is 31.6 Å². The van der Waals surface area contributed by atoms with Gasteiger partial charge in [-0.2, -0.15) is 0 Å². The Morgan fingerprint density at radius 2 is 1.71 bits per heavy atom. The van der Waals surface area contributed by atoms with Gasteiger partial charge in [0, 0.05) is 12.6 Å². The van der Waals surface area contributed by atoms with Crippen LogP contribution in [0.5, 0.6) is 17.2 Å². The zero-order valence-electron chi connectivity index (χ0n) is 21.9. The molecule has 1 N–H and O–H groups in total. The van der Waals surface area contributed by atoms with Gasteiger partial charge in [0.1, 0.15) is 18.1 Å². The van der Waals surface area contributed by atoms with E-state index < -0.39 is 28.3 Å². The average molecular weight is 545 g/mol. The molecule has 0 heterocycles. The number of hydrogen-bond donors (Lipinski definition) is 1. The first-order chi connectivity index (χ1) is 18.1. The van der Waals surface area contributed by atoms with Crippen LogP contribution < -0.4 is 23.8 Å². The van der Waals surface area contributed by atoms with Crippen LogP contribution in [0.1, 0.15) is 25.8 Å². The molecule has 8 nitrogen and oxygen atoms in total. The number of aryl methyl sites for hydroxylation is 1. The number of nitrogens with zero attached hydrogens (tertiary/aromatic N) is 1. The van der Waals surface area contributed by atoms with Gasteiger partial charge in [-0.25, -0.2) is 12.8 Å². The zero-order valence-corrected chi connectivity index (χ0v) is 22.8. The van der Waals surface area contributed by atoms with Crippen molar-refractivity contribution in [1.82, 2.24) is 5.32 Å². The highest BCUT2D eigenvalue weighted by Gasteiger charge is 2.30. The van der Waals surface area contributed by atoms with E-state index in [-0.39, 0.29) is 22.4 Å². The summed E-state index contributed by atoms with van der Waals surface area (Å²) in [5.74, 6) is -0.0261. The van der Waals surface area contributed by atoms with Crippen LogP contribution in [0.3, 0.4) is 0 Å². The summed E-state index contributed by atoms with van der Waals surface area (Å²) in [6.45, 7) is 3.63. The normalized spacial score (nSPS) is 11.2. The number of anilines is 1. The SMILES string of the molecule is COc1ccc(S(=O)(=O)N(CC(=O)NCCCc2cccc(OC(C)C)c2)c2ccccc2F)cc1OC. The standard InChI is InChI=1S/C28H33FN2O6S/c1-20(2)37-22-11-7-9-21(17-22)10-8-16-30-28(32)19-31(25-13-6-5-12-24(25)29)38(33,34)23-14-15-26(35-3)27(18-23)36-4/h5-7,9,11-15,17-18,20H,8,10,16,19H2,1-4H3,(H,30,32). The molecule has 0 saturated heterocycles. The maximum absolute atomic E-state index is 14.7. The number of halogens is 1. The summed E-state index contributed by atoms with van der Waals surface area (Å²) in [6, 6.07) is 17.2. The van der Waals surface area contributed by atoms with Crippen LogP contribution in [0.4, 0.5) is 10.1 Å². The van der Waals surface area contributed by atoms with Crippen molar-refractivity contribution in [2.24, 2.45) is 0 Å². The molecule has 0 aliphatic rings. The van der Waals surface area contributed by atoms with Gasteiger partial charge in [-0.3, -0.25) is 9.10 Å². The van der Waals surface area contributed by atoms with Crippen LogP contribution in [0.25, 0.3) is 0 Å². The van der Waals surface area contributed by atoms with Gasteiger partial charge in [-0.15, -0.1) is 0 Å². The smallest absolute Gasteiger partial charge is 0.265 e. The Balaban J connectivity index is 1.73. The molecular weight excluding hydrogens is 511 g/mol. The second-order valence-electron chi connectivity index (χ2n) is 8.75. The van der Waals surface area contributed by atoms with Crippen molar-refractivity contribution >= 4 is 21.6 Å². The first kappa shape index (κ1) is 28.8. The van der Waals surface area contributed by atoms with Crippen LogP contribution >= 0.6 is 0 Å². The molecule has 3 aromatic carbocycles. The minimum Gasteiger partial charge on any atom is -0.493 e. The van der Waals surface area contributed by atoms with Crippen LogP contribution in [-0.2, 0) is 21.2 Å². The number of benzene rings is 3. The molecule has 1 amide bonds. The minimum atomic E-state index is -4.33. The van der Waals surface area contributed by atoms with E-state index in [0.717, 1.165) is 21.7 Å². The van der Waals surface area contributed by atoms with E-state index in [2.05, 4.69) is 5.32 Å². The Morgan fingerprint density at radius 1 is 0.974 bits per heavy atom. The molecule has 38 heavy (non-hydrogen) atoms. The fraction of sp³-hybridized carbons (Fsp3) is 0.321. The van der Waals surface area contributed by atoms with Gasteiger partial charge in [-0.1, -0.05) is 24.3 Å². The number of ether oxygens (including phenoxy) is 3. The molecule has 10 heteroatoms. The van der Waals surface area contributed by atoms with Gasteiger partial charge in [-0.05, 0) is 68.7 Å². The van der Waals surface area contributed by atoms with E-state index in [1.165, 1.54) is 50.6 Å². The monoisotopic (exact) mass is 544 g/mol. The van der Waals surface area contributed by atoms with E-state index >= 15 is 0 Å². The Bertz CT molecular complexity index is 1350. The van der Waals surface area contributed by atoms with Crippen molar-refractivity contribution in [3.05, 3.63) is 78.1 Å². The molecule has 204 valence electrons. The molecule has 3 aromatic rings. The second kappa shape index (κ2) is 13.1. The molecule has 0 spiro atoms. The van der Waals surface area contributed by atoms with Gasteiger partial charge >= 0.3 is 0 Å². The highest BCUT2D eigenvalue weighted by atomic mass is 32.2. The predicted molar refractivity (Wildman–Crippen MR) is 144 cm³/mol. The number of nitrogens with one attached hydrogen (secondary N) is 1. The fourth-order valence-electron chi connectivity index (χ4n) is 3.81. The number of sulfonamides is 1. The van der Waals surface area contributed by atoms with Crippen LogP contribution in [0.2, 0.25) is 0 Å². The molecule has 3 rings (SSSR count). The van der Waals surface area contributed by atoms with Crippen LogP contribution in [0, 0.1) is 5.82 Å². The third kappa shape index (κ3) is 7.38. The van der Waals surface area contributed by atoms with Gasteiger partial charge in [0.05, 0.1) is 30.9 Å². The number of para-hydroxylation sites is 1. The van der Waals surface area contributed by atoms with Gasteiger partial charge in [0.2, 0.25) is 5.91 Å². The molecule has 0 fully saturated rings. The highest BCUT2D eigenvalue weighted by molar-refractivity contribution is 7.92. The Kier molecular flexibility index (Phi) is 9.95. The average Bonchev–Trinajstić information content (AvgIpc) is 2.89. The number of methoxy groups -OCH3 is 2. The quantitative estimate of drug-likeness (QED) is 0.317. The van der Waals surface area contributed by atoms with E-state index in [0.29, 0.717) is 25.1 Å². The van der Waals surface area contributed by atoms with Crippen molar-refractivity contribution in [1.29, 1.82) is 0 Å². The molecule has 0 saturated carbocycles. The van der Waals surface area contributed by atoms with E-state index in [9.17, 15) is 17.6 Å². The highest BCUT2D eigenvalue weighted by Crippen LogP contribution is 2.32. The summed E-state index contributed by atoms with van der Waals surface area (Å²) in [5.41, 5.74) is 0.820. The topological polar surface area (TPSA) is 94.2 Å².